The quantitative estimate of drug-likeness (QED) is 0.433. The molecule has 0 spiro atoms. The van der Waals surface area contributed by atoms with Crippen LogP contribution in [0.3, 0.4) is 0 Å². The molecule has 1 aliphatic heterocycles. The lowest BCUT2D eigenvalue weighted by molar-refractivity contribution is 0.145. The summed E-state index contributed by atoms with van der Waals surface area (Å²) in [4.78, 5) is 7.00. The van der Waals surface area contributed by atoms with Gasteiger partial charge in [0.15, 0.2) is 0 Å². The Kier molecular flexibility index (Phi) is 6.74. The van der Waals surface area contributed by atoms with Crippen molar-refractivity contribution >= 4 is 23.1 Å². The second-order valence-corrected chi connectivity index (χ2v) is 9.65. The van der Waals surface area contributed by atoms with Crippen LogP contribution in [0.4, 0.5) is 0 Å². The maximum atomic E-state index is 9.94. The first-order valence-electron chi connectivity index (χ1n) is 12.6. The molecule has 0 saturated carbocycles. The van der Waals surface area contributed by atoms with Gasteiger partial charge in [-0.15, -0.1) is 5.10 Å². The average Bonchev–Trinajstić information content (AvgIpc) is 3.53. The minimum absolute atomic E-state index is 0.0316. The van der Waals surface area contributed by atoms with Crippen LogP contribution in [0, 0.1) is 6.92 Å². The van der Waals surface area contributed by atoms with Crippen LogP contribution in [-0.2, 0) is 13.6 Å². The minimum Gasteiger partial charge on any atom is -0.476 e. The Labute approximate surface area is 215 Å². The van der Waals surface area contributed by atoms with Gasteiger partial charge in [-0.05, 0) is 53.0 Å². The maximum absolute atomic E-state index is 9.94. The minimum atomic E-state index is -0.207. The molecule has 0 aromatic carbocycles. The summed E-state index contributed by atoms with van der Waals surface area (Å²) in [5.41, 5.74) is 5.91. The van der Waals surface area contributed by atoms with Crippen molar-refractivity contribution in [3.8, 4) is 23.0 Å². The summed E-state index contributed by atoms with van der Waals surface area (Å²) in [5, 5.41) is 27.8. The van der Waals surface area contributed by atoms with Crippen LogP contribution in [0.1, 0.15) is 49.5 Å². The van der Waals surface area contributed by atoms with Crippen LogP contribution in [0.5, 0.6) is 11.8 Å². The summed E-state index contributed by atoms with van der Waals surface area (Å²) in [6.45, 7) is 9.57. The summed E-state index contributed by atoms with van der Waals surface area (Å²) in [6, 6.07) is 1.81. The number of aryl methyl sites for hydroxylation is 2. The smallest absolute Gasteiger partial charge is 0.240 e. The molecule has 2 bridgehead atoms. The molecule has 11 heteroatoms. The van der Waals surface area contributed by atoms with Gasteiger partial charge in [0.25, 0.3) is 0 Å². The fraction of sp³-hybridized carbons (Fsp3) is 0.462. The third-order valence-electron chi connectivity index (χ3n) is 6.60. The lowest BCUT2D eigenvalue weighted by atomic mass is 10.1. The second-order valence-electron chi connectivity index (χ2n) is 9.65. The number of H-pyrrole nitrogens is 1. The first kappa shape index (κ1) is 25.0. The molecule has 196 valence electrons. The maximum Gasteiger partial charge on any atom is 0.240 e. The molecule has 0 radical (unpaired) electrons. The molecule has 5 rings (SSSR count). The van der Waals surface area contributed by atoms with Gasteiger partial charge >= 0.3 is 0 Å². The van der Waals surface area contributed by atoms with Gasteiger partial charge in [0.05, 0.1) is 59.4 Å². The van der Waals surface area contributed by atoms with E-state index in [0.29, 0.717) is 31.5 Å². The van der Waals surface area contributed by atoms with Gasteiger partial charge in [0.2, 0.25) is 11.8 Å². The monoisotopic (exact) mass is 506 g/mol. The first-order valence-corrected chi connectivity index (χ1v) is 12.6. The zero-order chi connectivity index (χ0) is 26.3. The van der Waals surface area contributed by atoms with Gasteiger partial charge < -0.3 is 14.6 Å². The standard InChI is InChI=1S/C26H34N8O3/c1-7-36-25-18-8-9-21-19-10-22(28-17(4)24(19)30-29-21)20-11-27-33(6)26(20)37-16(3)12-32(5)13-23(18)34(31-25)15(2)14-35/h8-11,15-16,35H,7,12-14H2,1-6H3,(H,29,30)/b9-8+/t15-,16-/m0/s1. The summed E-state index contributed by atoms with van der Waals surface area (Å²) in [7, 11) is 3.92. The predicted molar refractivity (Wildman–Crippen MR) is 141 cm³/mol. The molecule has 0 aliphatic carbocycles. The van der Waals surface area contributed by atoms with E-state index in [1.165, 1.54) is 0 Å². The van der Waals surface area contributed by atoms with E-state index in [0.717, 1.165) is 44.8 Å². The molecule has 0 fully saturated rings. The summed E-state index contributed by atoms with van der Waals surface area (Å²) in [5.74, 6) is 1.21. The highest BCUT2D eigenvalue weighted by molar-refractivity contribution is 5.93. The number of nitrogens with zero attached hydrogens (tertiary/aromatic N) is 7. The van der Waals surface area contributed by atoms with Crippen molar-refractivity contribution in [1.82, 2.24) is 39.6 Å². The van der Waals surface area contributed by atoms with Gasteiger partial charge in [0.1, 0.15) is 11.6 Å². The van der Waals surface area contributed by atoms with Crippen LogP contribution in [0.2, 0.25) is 0 Å². The van der Waals surface area contributed by atoms with E-state index in [-0.39, 0.29) is 18.8 Å². The van der Waals surface area contributed by atoms with E-state index in [9.17, 15) is 5.11 Å². The molecular weight excluding hydrogens is 472 g/mol. The first-order chi connectivity index (χ1) is 17.8. The van der Waals surface area contributed by atoms with Crippen molar-refractivity contribution in [3.63, 3.8) is 0 Å². The SMILES string of the molecule is CCOc1nn([C@@H](C)CO)c2c1/C=C/c1[nH]nc3c(C)nc(cc13)-c1cnn(C)c1O[C@@H](C)CN(C)C2. The zero-order valence-electron chi connectivity index (χ0n) is 22.2. The van der Waals surface area contributed by atoms with Crippen molar-refractivity contribution in [2.75, 3.05) is 26.8 Å². The Morgan fingerprint density at radius 3 is 2.86 bits per heavy atom. The highest BCUT2D eigenvalue weighted by atomic mass is 16.5. The molecule has 4 aromatic heterocycles. The Bertz CT molecular complexity index is 1450. The highest BCUT2D eigenvalue weighted by Crippen LogP contribution is 2.34. The molecule has 37 heavy (non-hydrogen) atoms. The molecule has 1 aliphatic rings. The molecule has 2 N–H and O–H groups in total. The van der Waals surface area contributed by atoms with Crippen LogP contribution < -0.4 is 9.47 Å². The third kappa shape index (κ3) is 4.60. The van der Waals surface area contributed by atoms with Crippen molar-refractivity contribution in [3.05, 3.63) is 34.9 Å². The summed E-state index contributed by atoms with van der Waals surface area (Å²) < 4.78 is 16.0. The van der Waals surface area contributed by atoms with E-state index in [4.69, 9.17) is 19.6 Å². The van der Waals surface area contributed by atoms with Crippen LogP contribution in [0.25, 0.3) is 34.3 Å². The fourth-order valence-corrected chi connectivity index (χ4v) is 4.82. The van der Waals surface area contributed by atoms with E-state index in [1.807, 2.05) is 64.7 Å². The van der Waals surface area contributed by atoms with Crippen LogP contribution in [0.15, 0.2) is 12.3 Å². The number of rotatable bonds is 4. The number of aromatic nitrogens is 7. The van der Waals surface area contributed by atoms with Crippen LogP contribution >= 0.6 is 0 Å². The molecule has 0 amide bonds. The Morgan fingerprint density at radius 1 is 1.30 bits per heavy atom. The predicted octanol–water partition coefficient (Wildman–Crippen LogP) is 3.20. The van der Waals surface area contributed by atoms with E-state index >= 15 is 0 Å². The number of aliphatic hydroxyl groups excluding tert-OH is 1. The number of fused-ring (bicyclic) bond motifs is 4. The number of likely N-dealkylation sites (N-methyl/N-ethyl adjacent to an activating group) is 1. The number of nitrogens with one attached hydrogen (secondary N) is 1. The molecule has 5 heterocycles. The number of aliphatic hydroxyl groups is 1. The normalized spacial score (nSPS) is 18.1. The fourth-order valence-electron chi connectivity index (χ4n) is 4.82. The third-order valence-corrected chi connectivity index (χ3v) is 6.60. The molecule has 4 aromatic rings. The second kappa shape index (κ2) is 9.98. The van der Waals surface area contributed by atoms with Gasteiger partial charge in [-0.3, -0.25) is 19.7 Å². The Balaban J connectivity index is 1.73. The topological polar surface area (TPSA) is 119 Å². The molecule has 0 saturated heterocycles. The zero-order valence-corrected chi connectivity index (χ0v) is 22.2. The largest absolute Gasteiger partial charge is 0.476 e. The number of hydrogen-bond acceptors (Lipinski definition) is 8. The van der Waals surface area contributed by atoms with Crippen molar-refractivity contribution in [2.45, 2.75) is 46.4 Å². The van der Waals surface area contributed by atoms with Gasteiger partial charge in [0, 0.05) is 25.5 Å². The number of pyridine rings is 1. The Morgan fingerprint density at radius 2 is 2.11 bits per heavy atom. The van der Waals surface area contributed by atoms with Gasteiger partial charge in [-0.2, -0.15) is 10.2 Å². The number of aromatic amines is 1. The Hall–Kier alpha value is -3.70. The van der Waals surface area contributed by atoms with E-state index in [2.05, 4.69) is 20.2 Å². The van der Waals surface area contributed by atoms with Gasteiger partial charge in [-0.1, -0.05) is 0 Å². The molecular formula is C26H34N8O3. The summed E-state index contributed by atoms with van der Waals surface area (Å²) >= 11 is 0. The molecule has 0 unspecified atom stereocenters. The number of ether oxygens (including phenoxy) is 2. The van der Waals surface area contributed by atoms with Crippen molar-refractivity contribution < 1.29 is 14.6 Å². The lowest BCUT2D eigenvalue weighted by Crippen LogP contribution is -2.32. The number of hydrogen-bond donors (Lipinski definition) is 2. The van der Waals surface area contributed by atoms with Crippen molar-refractivity contribution in [1.29, 1.82) is 0 Å². The molecule has 2 atom stereocenters. The molecule has 11 nitrogen and oxygen atoms in total. The summed E-state index contributed by atoms with van der Waals surface area (Å²) in [6.07, 6.45) is 5.68. The lowest BCUT2D eigenvalue weighted by Gasteiger charge is -2.24. The van der Waals surface area contributed by atoms with Crippen molar-refractivity contribution in [2.24, 2.45) is 7.05 Å². The van der Waals surface area contributed by atoms with Crippen LogP contribution in [-0.4, -0.2) is 77.7 Å². The van der Waals surface area contributed by atoms with E-state index < -0.39 is 0 Å². The highest BCUT2D eigenvalue weighted by Gasteiger charge is 2.24. The average molecular weight is 507 g/mol. The van der Waals surface area contributed by atoms with E-state index in [1.54, 1.807) is 10.9 Å². The van der Waals surface area contributed by atoms with Gasteiger partial charge in [-0.25, -0.2) is 4.68 Å².